The van der Waals surface area contributed by atoms with Gasteiger partial charge >= 0.3 is 5.97 Å². The van der Waals surface area contributed by atoms with Crippen LogP contribution in [0.3, 0.4) is 0 Å². The number of hydrogen-bond donors (Lipinski definition) is 0. The van der Waals surface area contributed by atoms with Gasteiger partial charge in [-0.15, -0.1) is 0 Å². The molecule has 7 heteroatoms. The Hall–Kier alpha value is -4.26. The van der Waals surface area contributed by atoms with Gasteiger partial charge in [-0.05, 0) is 42.8 Å². The van der Waals surface area contributed by atoms with Gasteiger partial charge in [0.15, 0.2) is 17.2 Å². The standard InChI is InChI=1S/C28H27NO6/c1-19-9-4-5-13-23(19)27-29-24(28(30)35-27)17-20-10-6-14-25(32-3)26(20)34-16-8-15-33-22-12-7-11-21(18-22)31-2/h4-7,9-14,17-18H,8,15-16H2,1-3H3. The molecule has 0 atom stereocenters. The summed E-state index contributed by atoms with van der Waals surface area (Å²) in [5, 5.41) is 0. The van der Waals surface area contributed by atoms with Crippen LogP contribution in [-0.4, -0.2) is 39.3 Å². The number of aliphatic imine (C=N–C) groups is 1. The summed E-state index contributed by atoms with van der Waals surface area (Å²) in [6, 6.07) is 20.5. The van der Waals surface area contributed by atoms with Crippen molar-refractivity contribution in [2.45, 2.75) is 13.3 Å². The van der Waals surface area contributed by atoms with E-state index in [-0.39, 0.29) is 5.70 Å². The van der Waals surface area contributed by atoms with Gasteiger partial charge in [-0.2, -0.15) is 0 Å². The molecule has 180 valence electrons. The first-order valence-corrected chi connectivity index (χ1v) is 11.2. The predicted molar refractivity (Wildman–Crippen MR) is 133 cm³/mol. The van der Waals surface area contributed by atoms with Crippen LogP contribution < -0.4 is 18.9 Å². The molecule has 0 radical (unpaired) electrons. The molecule has 0 spiro atoms. The lowest BCUT2D eigenvalue weighted by Crippen LogP contribution is -2.07. The molecule has 0 aromatic heterocycles. The molecule has 0 aliphatic carbocycles. The Kier molecular flexibility index (Phi) is 7.67. The fourth-order valence-corrected chi connectivity index (χ4v) is 3.56. The van der Waals surface area contributed by atoms with Crippen molar-refractivity contribution in [2.24, 2.45) is 4.99 Å². The number of rotatable bonds is 10. The fourth-order valence-electron chi connectivity index (χ4n) is 3.56. The quantitative estimate of drug-likeness (QED) is 0.229. The van der Waals surface area contributed by atoms with Crippen LogP contribution in [0.2, 0.25) is 0 Å². The first kappa shape index (κ1) is 23.9. The molecular formula is C28H27NO6. The molecule has 1 aliphatic heterocycles. The highest BCUT2D eigenvalue weighted by Gasteiger charge is 2.25. The number of aryl methyl sites for hydroxylation is 1. The maximum absolute atomic E-state index is 12.5. The molecule has 35 heavy (non-hydrogen) atoms. The maximum Gasteiger partial charge on any atom is 0.363 e. The molecule has 1 aliphatic rings. The molecule has 0 fully saturated rings. The van der Waals surface area contributed by atoms with E-state index in [1.54, 1.807) is 26.4 Å². The average Bonchev–Trinajstić information content (AvgIpc) is 3.24. The van der Waals surface area contributed by atoms with Gasteiger partial charge in [-0.1, -0.05) is 36.4 Å². The second kappa shape index (κ2) is 11.2. The fraction of sp³-hybridized carbons (Fsp3) is 0.214. The number of hydrogen-bond acceptors (Lipinski definition) is 7. The third-order valence-electron chi connectivity index (χ3n) is 5.36. The summed E-state index contributed by atoms with van der Waals surface area (Å²) in [6.45, 7) is 2.80. The number of benzene rings is 3. The van der Waals surface area contributed by atoms with E-state index in [1.165, 1.54) is 0 Å². The number of cyclic esters (lactones) is 1. The van der Waals surface area contributed by atoms with E-state index >= 15 is 0 Å². The summed E-state index contributed by atoms with van der Waals surface area (Å²) in [4.78, 5) is 16.9. The first-order chi connectivity index (χ1) is 17.1. The van der Waals surface area contributed by atoms with Crippen molar-refractivity contribution in [3.05, 3.63) is 89.1 Å². The smallest absolute Gasteiger partial charge is 0.363 e. The monoisotopic (exact) mass is 473 g/mol. The molecule has 0 unspecified atom stereocenters. The SMILES string of the molecule is COc1cccc(OCCCOc2c(C=C3N=C(c4ccccc4C)OC3=O)cccc2OC)c1. The first-order valence-electron chi connectivity index (χ1n) is 11.2. The number of carbonyl (C=O) groups excluding carboxylic acids is 1. The van der Waals surface area contributed by atoms with Crippen LogP contribution in [0.5, 0.6) is 23.0 Å². The molecule has 3 aromatic rings. The minimum atomic E-state index is -0.510. The predicted octanol–water partition coefficient (Wildman–Crippen LogP) is 5.20. The van der Waals surface area contributed by atoms with Crippen LogP contribution in [0.25, 0.3) is 6.08 Å². The average molecular weight is 474 g/mol. The zero-order chi connectivity index (χ0) is 24.6. The summed E-state index contributed by atoms with van der Waals surface area (Å²) in [6.07, 6.45) is 2.29. The molecule has 0 saturated heterocycles. The van der Waals surface area contributed by atoms with E-state index in [4.69, 9.17) is 23.7 Å². The van der Waals surface area contributed by atoms with E-state index in [9.17, 15) is 4.79 Å². The largest absolute Gasteiger partial charge is 0.497 e. The summed E-state index contributed by atoms with van der Waals surface area (Å²) < 4.78 is 27.9. The maximum atomic E-state index is 12.5. The van der Waals surface area contributed by atoms with Crippen LogP contribution in [0.15, 0.2) is 77.4 Å². The number of ether oxygens (including phenoxy) is 5. The minimum absolute atomic E-state index is 0.197. The molecule has 1 heterocycles. The normalized spacial score (nSPS) is 13.9. The highest BCUT2D eigenvalue weighted by Crippen LogP contribution is 2.34. The van der Waals surface area contributed by atoms with Gasteiger partial charge in [-0.25, -0.2) is 9.79 Å². The van der Waals surface area contributed by atoms with Gasteiger partial charge in [0.2, 0.25) is 5.90 Å². The minimum Gasteiger partial charge on any atom is -0.497 e. The Balaban J connectivity index is 1.46. The van der Waals surface area contributed by atoms with Gasteiger partial charge in [0.1, 0.15) is 11.5 Å². The number of carbonyl (C=O) groups is 1. The molecule has 3 aromatic carbocycles. The number of esters is 1. The topological polar surface area (TPSA) is 75.6 Å². The van der Waals surface area contributed by atoms with Crippen molar-refractivity contribution in [3.8, 4) is 23.0 Å². The Morgan fingerprint density at radius 1 is 0.886 bits per heavy atom. The van der Waals surface area contributed by atoms with Gasteiger partial charge < -0.3 is 23.7 Å². The molecule has 0 amide bonds. The Bertz CT molecular complexity index is 1260. The second-order valence-electron chi connectivity index (χ2n) is 7.76. The molecule has 0 saturated carbocycles. The summed E-state index contributed by atoms with van der Waals surface area (Å²) in [7, 11) is 3.19. The van der Waals surface area contributed by atoms with Gasteiger partial charge in [0.25, 0.3) is 0 Å². The zero-order valence-corrected chi connectivity index (χ0v) is 19.9. The van der Waals surface area contributed by atoms with Crippen LogP contribution in [0.4, 0.5) is 0 Å². The Labute approximate surface area is 204 Å². The van der Waals surface area contributed by atoms with Crippen LogP contribution in [0.1, 0.15) is 23.1 Å². The van der Waals surface area contributed by atoms with E-state index in [0.29, 0.717) is 42.6 Å². The van der Waals surface area contributed by atoms with Crippen molar-refractivity contribution in [2.75, 3.05) is 27.4 Å². The van der Waals surface area contributed by atoms with Gasteiger partial charge in [0.05, 0.1) is 27.4 Å². The lowest BCUT2D eigenvalue weighted by molar-refractivity contribution is -0.129. The molecule has 7 nitrogen and oxygen atoms in total. The van der Waals surface area contributed by atoms with Gasteiger partial charge in [0, 0.05) is 23.6 Å². The lowest BCUT2D eigenvalue weighted by atomic mass is 10.1. The molecule has 0 bridgehead atoms. The van der Waals surface area contributed by atoms with Crippen molar-refractivity contribution in [1.29, 1.82) is 0 Å². The Morgan fingerprint density at radius 2 is 1.66 bits per heavy atom. The summed E-state index contributed by atoms with van der Waals surface area (Å²) >= 11 is 0. The molecule has 4 rings (SSSR count). The third-order valence-corrected chi connectivity index (χ3v) is 5.36. The van der Waals surface area contributed by atoms with Gasteiger partial charge in [-0.3, -0.25) is 0 Å². The number of nitrogens with zero attached hydrogens (tertiary/aromatic N) is 1. The van der Waals surface area contributed by atoms with Crippen LogP contribution >= 0.6 is 0 Å². The second-order valence-corrected chi connectivity index (χ2v) is 7.76. The van der Waals surface area contributed by atoms with Crippen molar-refractivity contribution in [3.63, 3.8) is 0 Å². The Morgan fingerprint density at radius 3 is 2.46 bits per heavy atom. The zero-order valence-electron chi connectivity index (χ0n) is 19.9. The highest BCUT2D eigenvalue weighted by atomic mass is 16.6. The highest BCUT2D eigenvalue weighted by molar-refractivity contribution is 6.13. The molecular weight excluding hydrogens is 446 g/mol. The lowest BCUT2D eigenvalue weighted by Gasteiger charge is -2.14. The summed E-state index contributed by atoms with van der Waals surface area (Å²) in [5.74, 6) is 2.33. The third kappa shape index (κ3) is 5.81. The van der Waals surface area contributed by atoms with Crippen molar-refractivity contribution in [1.82, 2.24) is 0 Å². The van der Waals surface area contributed by atoms with Crippen molar-refractivity contribution < 1.29 is 28.5 Å². The van der Waals surface area contributed by atoms with E-state index in [2.05, 4.69) is 4.99 Å². The van der Waals surface area contributed by atoms with E-state index in [1.807, 2.05) is 67.6 Å². The number of methoxy groups -OCH3 is 2. The van der Waals surface area contributed by atoms with E-state index < -0.39 is 5.97 Å². The van der Waals surface area contributed by atoms with Crippen LogP contribution in [0, 0.1) is 6.92 Å². The van der Waals surface area contributed by atoms with Crippen LogP contribution in [-0.2, 0) is 9.53 Å². The molecule has 0 N–H and O–H groups in total. The van der Waals surface area contributed by atoms with E-state index in [0.717, 1.165) is 22.6 Å². The summed E-state index contributed by atoms with van der Waals surface area (Å²) in [5.41, 5.74) is 2.62. The number of para-hydroxylation sites is 1. The van der Waals surface area contributed by atoms with Crippen molar-refractivity contribution >= 4 is 17.9 Å².